The zero-order chi connectivity index (χ0) is 23.6. The number of benzene rings is 2. The molecule has 0 saturated heterocycles. The quantitative estimate of drug-likeness (QED) is 0.384. The lowest BCUT2D eigenvalue weighted by Crippen LogP contribution is -2.47. The number of hydrazine groups is 1. The molecule has 0 spiro atoms. The Balaban J connectivity index is 1.66. The van der Waals surface area contributed by atoms with Crippen LogP contribution in [0.5, 0.6) is 5.75 Å². The van der Waals surface area contributed by atoms with Crippen LogP contribution in [-0.4, -0.2) is 24.3 Å². The van der Waals surface area contributed by atoms with E-state index in [4.69, 9.17) is 4.74 Å². The molecule has 172 valence electrons. The van der Waals surface area contributed by atoms with Crippen LogP contribution in [0.3, 0.4) is 0 Å². The van der Waals surface area contributed by atoms with Crippen molar-refractivity contribution in [2.45, 2.75) is 53.4 Å². The average molecular weight is 440 g/mol. The van der Waals surface area contributed by atoms with Crippen LogP contribution in [-0.2, 0) is 14.4 Å². The van der Waals surface area contributed by atoms with Gasteiger partial charge in [0.15, 0.2) is 0 Å². The van der Waals surface area contributed by atoms with E-state index in [1.54, 1.807) is 12.1 Å². The van der Waals surface area contributed by atoms with Gasteiger partial charge >= 0.3 is 0 Å². The van der Waals surface area contributed by atoms with Gasteiger partial charge in [-0.2, -0.15) is 0 Å². The van der Waals surface area contributed by atoms with Crippen molar-refractivity contribution in [2.24, 2.45) is 5.41 Å². The Morgan fingerprint density at radius 1 is 0.906 bits per heavy atom. The van der Waals surface area contributed by atoms with Gasteiger partial charge in [-0.25, -0.2) is 0 Å². The number of ether oxygens (including phenoxy) is 1. The molecule has 7 heteroatoms. The highest BCUT2D eigenvalue weighted by molar-refractivity contribution is 5.93. The maximum absolute atomic E-state index is 12.5. The van der Waals surface area contributed by atoms with Gasteiger partial charge in [0.2, 0.25) is 17.7 Å². The molecule has 0 aliphatic rings. The smallest absolute Gasteiger partial charge is 0.244 e. The van der Waals surface area contributed by atoms with E-state index >= 15 is 0 Å². The van der Waals surface area contributed by atoms with Crippen molar-refractivity contribution >= 4 is 23.4 Å². The van der Waals surface area contributed by atoms with Gasteiger partial charge in [0.05, 0.1) is 6.61 Å². The molecule has 3 amide bonds. The Bertz CT molecular complexity index is 926. The lowest BCUT2D eigenvalue weighted by Gasteiger charge is -2.23. The molecule has 7 nitrogen and oxygen atoms in total. The van der Waals surface area contributed by atoms with Crippen molar-refractivity contribution in [3.05, 3.63) is 59.7 Å². The predicted octanol–water partition coefficient (Wildman–Crippen LogP) is 4.05. The molecule has 2 aromatic carbocycles. The molecular formula is C25H33N3O4. The summed E-state index contributed by atoms with van der Waals surface area (Å²) in [6.07, 6.45) is 1.29. The van der Waals surface area contributed by atoms with E-state index in [1.807, 2.05) is 64.1 Å². The van der Waals surface area contributed by atoms with Gasteiger partial charge in [0, 0.05) is 23.9 Å². The minimum absolute atomic E-state index is 0.0235. The third-order valence-corrected chi connectivity index (χ3v) is 5.11. The Morgan fingerprint density at radius 2 is 1.59 bits per heavy atom. The van der Waals surface area contributed by atoms with Crippen molar-refractivity contribution in [2.75, 3.05) is 11.9 Å². The summed E-state index contributed by atoms with van der Waals surface area (Å²) in [5, 5.41) is 2.72. The summed E-state index contributed by atoms with van der Waals surface area (Å²) in [4.78, 5) is 36.4. The highest BCUT2D eigenvalue weighted by Gasteiger charge is 2.27. The van der Waals surface area contributed by atoms with E-state index < -0.39 is 11.3 Å². The Morgan fingerprint density at radius 3 is 2.31 bits per heavy atom. The van der Waals surface area contributed by atoms with Crippen molar-refractivity contribution in [3.8, 4) is 5.75 Å². The van der Waals surface area contributed by atoms with Crippen LogP contribution in [0.25, 0.3) is 0 Å². The molecule has 0 unspecified atom stereocenters. The van der Waals surface area contributed by atoms with Gasteiger partial charge in [-0.1, -0.05) is 44.2 Å². The molecule has 0 saturated carbocycles. The van der Waals surface area contributed by atoms with Gasteiger partial charge in [-0.3, -0.25) is 25.2 Å². The molecule has 2 aromatic rings. The highest BCUT2D eigenvalue weighted by atomic mass is 16.5. The summed E-state index contributed by atoms with van der Waals surface area (Å²) >= 11 is 0. The zero-order valence-electron chi connectivity index (χ0n) is 19.3. The maximum atomic E-state index is 12.5. The summed E-state index contributed by atoms with van der Waals surface area (Å²) in [6, 6.07) is 15.1. The number of carbonyl (C=O) groups excluding carboxylic acids is 3. The van der Waals surface area contributed by atoms with Gasteiger partial charge < -0.3 is 10.1 Å². The number of rotatable bonds is 10. The first-order valence-corrected chi connectivity index (χ1v) is 10.8. The third-order valence-electron chi connectivity index (χ3n) is 5.11. The number of aryl methyl sites for hydroxylation is 2. The largest absolute Gasteiger partial charge is 0.493 e. The molecular weight excluding hydrogens is 406 g/mol. The van der Waals surface area contributed by atoms with Gasteiger partial charge in [0.1, 0.15) is 5.75 Å². The minimum Gasteiger partial charge on any atom is -0.493 e. The number of carbonyl (C=O) groups is 3. The molecule has 0 aromatic heterocycles. The molecule has 3 N–H and O–H groups in total. The van der Waals surface area contributed by atoms with Crippen LogP contribution < -0.4 is 20.9 Å². The first-order valence-electron chi connectivity index (χ1n) is 10.8. The molecule has 2 rings (SSSR count). The van der Waals surface area contributed by atoms with Gasteiger partial charge in [0.25, 0.3) is 0 Å². The van der Waals surface area contributed by atoms with E-state index in [0.29, 0.717) is 25.1 Å². The fourth-order valence-electron chi connectivity index (χ4n) is 3.00. The molecule has 0 atom stereocenters. The van der Waals surface area contributed by atoms with Gasteiger partial charge in [-0.15, -0.1) is 0 Å². The molecule has 0 heterocycles. The summed E-state index contributed by atoms with van der Waals surface area (Å²) < 4.78 is 5.85. The van der Waals surface area contributed by atoms with E-state index in [0.717, 1.165) is 16.9 Å². The number of hydrogen-bond donors (Lipinski definition) is 3. The summed E-state index contributed by atoms with van der Waals surface area (Å²) in [6.45, 7) is 8.16. The molecule has 0 aliphatic heterocycles. The standard InChI is InChI=1S/C25H33N3O4/c1-18-11-12-19(2)21(17-18)32-16-8-15-25(3,4)24(31)28-27-23(30)14-13-22(29)26-20-9-6-5-7-10-20/h5-7,9-12,17H,8,13-16H2,1-4H3,(H,26,29)(H,27,30)(H,28,31). The van der Waals surface area contributed by atoms with Crippen LogP contribution in [0, 0.1) is 19.3 Å². The lowest BCUT2D eigenvalue weighted by atomic mass is 9.87. The van der Waals surface area contributed by atoms with E-state index in [9.17, 15) is 14.4 Å². The Labute approximate surface area is 189 Å². The average Bonchev–Trinajstić information content (AvgIpc) is 2.76. The monoisotopic (exact) mass is 439 g/mol. The SMILES string of the molecule is Cc1ccc(C)c(OCCCC(C)(C)C(=O)NNC(=O)CCC(=O)Nc2ccccc2)c1. The minimum atomic E-state index is -0.678. The van der Waals surface area contributed by atoms with Gasteiger partial charge in [-0.05, 0) is 56.0 Å². The second-order valence-corrected chi connectivity index (χ2v) is 8.52. The summed E-state index contributed by atoms with van der Waals surface area (Å²) in [5.41, 5.74) is 7.06. The fraction of sp³-hybridized carbons (Fsp3) is 0.400. The third kappa shape index (κ3) is 8.41. The topological polar surface area (TPSA) is 96.5 Å². The van der Waals surface area contributed by atoms with Crippen molar-refractivity contribution in [3.63, 3.8) is 0 Å². The number of hydrogen-bond acceptors (Lipinski definition) is 4. The fourth-order valence-corrected chi connectivity index (χ4v) is 3.00. The second-order valence-electron chi connectivity index (χ2n) is 8.52. The second kappa shape index (κ2) is 11.9. The number of anilines is 1. The van der Waals surface area contributed by atoms with Crippen LogP contribution in [0.1, 0.15) is 50.7 Å². The molecule has 32 heavy (non-hydrogen) atoms. The van der Waals surface area contributed by atoms with Crippen molar-refractivity contribution in [1.29, 1.82) is 0 Å². The highest BCUT2D eigenvalue weighted by Crippen LogP contribution is 2.24. The number of para-hydroxylation sites is 1. The Kier molecular flexibility index (Phi) is 9.25. The first kappa shape index (κ1) is 24.9. The number of nitrogens with one attached hydrogen (secondary N) is 3. The van der Waals surface area contributed by atoms with E-state index in [-0.39, 0.29) is 24.7 Å². The molecule has 0 aliphatic carbocycles. The number of amides is 3. The van der Waals surface area contributed by atoms with Crippen LogP contribution >= 0.6 is 0 Å². The maximum Gasteiger partial charge on any atom is 0.244 e. The predicted molar refractivity (Wildman–Crippen MR) is 125 cm³/mol. The lowest BCUT2D eigenvalue weighted by molar-refractivity contribution is -0.134. The van der Waals surface area contributed by atoms with Crippen LogP contribution in [0.2, 0.25) is 0 Å². The van der Waals surface area contributed by atoms with Crippen molar-refractivity contribution in [1.82, 2.24) is 10.9 Å². The normalized spacial score (nSPS) is 10.9. The zero-order valence-corrected chi connectivity index (χ0v) is 19.3. The molecule has 0 radical (unpaired) electrons. The Hall–Kier alpha value is -3.35. The van der Waals surface area contributed by atoms with E-state index in [1.165, 1.54) is 0 Å². The first-order chi connectivity index (χ1) is 15.2. The molecule has 0 bridgehead atoms. The van der Waals surface area contributed by atoms with Crippen molar-refractivity contribution < 1.29 is 19.1 Å². The van der Waals surface area contributed by atoms with E-state index in [2.05, 4.69) is 16.2 Å². The summed E-state index contributed by atoms with van der Waals surface area (Å²) in [5.74, 6) is -0.111. The van der Waals surface area contributed by atoms with Crippen LogP contribution in [0.15, 0.2) is 48.5 Å². The molecule has 0 fully saturated rings. The summed E-state index contributed by atoms with van der Waals surface area (Å²) in [7, 11) is 0. The van der Waals surface area contributed by atoms with Crippen LogP contribution in [0.4, 0.5) is 5.69 Å².